The van der Waals surface area contributed by atoms with Gasteiger partial charge in [0.25, 0.3) is 0 Å². The predicted molar refractivity (Wildman–Crippen MR) is 110 cm³/mol. The first-order valence-electron chi connectivity index (χ1n) is 9.24. The number of fused-ring (bicyclic) bond motifs is 1. The van der Waals surface area contributed by atoms with Gasteiger partial charge in [-0.2, -0.15) is 17.5 Å². The molecular formula is C19H20F4N2O5S2. The lowest BCUT2D eigenvalue weighted by molar-refractivity contribution is -0.138. The van der Waals surface area contributed by atoms with Crippen LogP contribution in [-0.4, -0.2) is 57.9 Å². The lowest BCUT2D eigenvalue weighted by Gasteiger charge is -2.29. The minimum absolute atomic E-state index is 0.127. The van der Waals surface area contributed by atoms with Crippen LogP contribution in [0, 0.1) is 5.82 Å². The molecule has 7 nitrogen and oxygen atoms in total. The Labute approximate surface area is 182 Å². The van der Waals surface area contributed by atoms with Crippen molar-refractivity contribution in [1.82, 2.24) is 4.31 Å². The number of anilines is 2. The number of benzene rings is 2. The maximum absolute atomic E-state index is 13.4. The molecule has 1 aliphatic heterocycles. The van der Waals surface area contributed by atoms with Gasteiger partial charge in [-0.25, -0.2) is 21.2 Å². The van der Waals surface area contributed by atoms with E-state index in [1.807, 2.05) is 0 Å². The van der Waals surface area contributed by atoms with Gasteiger partial charge in [0.2, 0.25) is 10.0 Å². The molecule has 32 heavy (non-hydrogen) atoms. The molecule has 0 amide bonds. The van der Waals surface area contributed by atoms with E-state index in [9.17, 15) is 39.5 Å². The molecule has 3 rings (SSSR count). The summed E-state index contributed by atoms with van der Waals surface area (Å²) in [6, 6.07) is 4.78. The number of rotatable bonds is 4. The maximum Gasteiger partial charge on any atom is 0.420 e. The van der Waals surface area contributed by atoms with Crippen LogP contribution in [0.3, 0.4) is 0 Å². The molecular weight excluding hydrogens is 476 g/mol. The van der Waals surface area contributed by atoms with Gasteiger partial charge in [0, 0.05) is 37.6 Å². The van der Waals surface area contributed by atoms with Crippen molar-refractivity contribution in [2.75, 3.05) is 30.5 Å². The van der Waals surface area contributed by atoms with E-state index >= 15 is 0 Å². The normalized spacial score (nSPS) is 19.4. The quantitative estimate of drug-likeness (QED) is 0.654. The zero-order valence-corrected chi connectivity index (χ0v) is 18.6. The average Bonchev–Trinajstić information content (AvgIpc) is 2.74. The number of phenols is 1. The lowest BCUT2D eigenvalue weighted by Crippen LogP contribution is -2.41. The van der Waals surface area contributed by atoms with Crippen LogP contribution in [0.2, 0.25) is 0 Å². The second-order valence-electron chi connectivity index (χ2n) is 7.52. The van der Waals surface area contributed by atoms with E-state index in [1.54, 1.807) is 0 Å². The lowest BCUT2D eigenvalue weighted by atomic mass is 10.1. The van der Waals surface area contributed by atoms with Gasteiger partial charge < -0.3 is 10.0 Å². The summed E-state index contributed by atoms with van der Waals surface area (Å²) in [5, 5.41) is 9.93. The van der Waals surface area contributed by atoms with Gasteiger partial charge in [-0.05, 0) is 36.8 Å². The van der Waals surface area contributed by atoms with Crippen molar-refractivity contribution in [2.45, 2.75) is 23.5 Å². The first kappa shape index (κ1) is 24.3. The highest BCUT2D eigenvalue weighted by atomic mass is 32.2. The fourth-order valence-corrected chi connectivity index (χ4v) is 5.74. The molecule has 176 valence electrons. The minimum atomic E-state index is -4.97. The number of alkyl halides is 3. The number of phenolic OH excluding ortho intramolecular Hbond substituents is 1. The third-order valence-corrected chi connectivity index (χ3v) is 8.11. The summed E-state index contributed by atoms with van der Waals surface area (Å²) in [5.41, 5.74) is -1.60. The minimum Gasteiger partial charge on any atom is -0.507 e. The Bertz CT molecular complexity index is 1230. The molecule has 0 bridgehead atoms. The number of halogens is 4. The van der Waals surface area contributed by atoms with Gasteiger partial charge in [0.1, 0.15) is 26.3 Å². The summed E-state index contributed by atoms with van der Waals surface area (Å²) in [4.78, 5) is 0.661. The van der Waals surface area contributed by atoms with Crippen LogP contribution in [0.25, 0.3) is 0 Å². The van der Waals surface area contributed by atoms with E-state index in [-0.39, 0.29) is 30.1 Å². The monoisotopic (exact) mass is 496 g/mol. The van der Waals surface area contributed by atoms with Crippen molar-refractivity contribution in [3.8, 4) is 5.75 Å². The molecule has 1 heterocycles. The Balaban J connectivity index is 2.26. The number of sulfone groups is 1. The zero-order valence-electron chi connectivity index (χ0n) is 17.0. The average molecular weight is 497 g/mol. The Kier molecular flexibility index (Phi) is 6.21. The van der Waals surface area contributed by atoms with Crippen LogP contribution in [0.4, 0.5) is 28.9 Å². The van der Waals surface area contributed by atoms with E-state index in [2.05, 4.69) is 0 Å². The Morgan fingerprint density at radius 2 is 1.75 bits per heavy atom. The van der Waals surface area contributed by atoms with E-state index in [1.165, 1.54) is 24.1 Å². The van der Waals surface area contributed by atoms with E-state index < -0.39 is 54.1 Å². The molecule has 0 aliphatic carbocycles. The van der Waals surface area contributed by atoms with Crippen molar-refractivity contribution in [1.29, 1.82) is 0 Å². The van der Waals surface area contributed by atoms with Gasteiger partial charge in [-0.1, -0.05) is 0 Å². The predicted octanol–water partition coefficient (Wildman–Crippen LogP) is 3.13. The Morgan fingerprint density at radius 1 is 1.16 bits per heavy atom. The summed E-state index contributed by atoms with van der Waals surface area (Å²) in [7, 11) is -6.69. The molecule has 0 aromatic heterocycles. The first-order chi connectivity index (χ1) is 14.6. The highest BCUT2D eigenvalue weighted by Crippen LogP contribution is 2.45. The van der Waals surface area contributed by atoms with Crippen molar-refractivity contribution in [3.63, 3.8) is 0 Å². The van der Waals surface area contributed by atoms with Crippen LogP contribution < -0.4 is 4.90 Å². The number of aromatic hydroxyl groups is 1. The molecule has 1 atom stereocenters. The second kappa shape index (κ2) is 8.19. The van der Waals surface area contributed by atoms with Gasteiger partial charge in [-0.15, -0.1) is 0 Å². The summed E-state index contributed by atoms with van der Waals surface area (Å²) >= 11 is 0. The zero-order chi connectivity index (χ0) is 24.1. The fourth-order valence-electron chi connectivity index (χ4n) is 3.47. The van der Waals surface area contributed by atoms with Crippen molar-refractivity contribution in [2.24, 2.45) is 0 Å². The molecule has 0 saturated carbocycles. The summed E-state index contributed by atoms with van der Waals surface area (Å²) in [5.74, 6) is -2.23. The largest absolute Gasteiger partial charge is 0.507 e. The van der Waals surface area contributed by atoms with E-state index in [0.717, 1.165) is 22.7 Å². The van der Waals surface area contributed by atoms with Gasteiger partial charge in [0.15, 0.2) is 0 Å². The topological polar surface area (TPSA) is 95.0 Å². The molecule has 1 N–H and O–H groups in total. The number of likely N-dealkylation sites (N-methyl/N-ethyl adjacent to an activating group) is 1. The molecule has 2 aromatic carbocycles. The summed E-state index contributed by atoms with van der Waals surface area (Å²) in [6.45, 7) is -0.202. The third-order valence-electron chi connectivity index (χ3n) is 5.20. The second-order valence-corrected chi connectivity index (χ2v) is 11.7. The Hall–Kier alpha value is -2.38. The van der Waals surface area contributed by atoms with E-state index in [0.29, 0.717) is 12.1 Å². The molecule has 0 unspecified atom stereocenters. The molecule has 0 saturated heterocycles. The van der Waals surface area contributed by atoms with Crippen LogP contribution >= 0.6 is 0 Å². The fraction of sp³-hybridized carbons (Fsp3) is 0.368. The summed E-state index contributed by atoms with van der Waals surface area (Å²) < 4.78 is 104. The van der Waals surface area contributed by atoms with Gasteiger partial charge in [-0.3, -0.25) is 0 Å². The molecule has 1 aliphatic rings. The Morgan fingerprint density at radius 3 is 2.28 bits per heavy atom. The standard InChI is InChI=1S/C19H20F4N2O5S2/c1-24-14(7-8-31(2,27)28)11-25(13-5-3-12(20)4-6-13)16-9-15(19(21,22)23)17(26)10-18(16)32(24,29)30/h3-6,9-10,14,26H,7-8,11H2,1-2H3/t14-/m1/s1. The highest BCUT2D eigenvalue weighted by Gasteiger charge is 2.41. The molecule has 0 radical (unpaired) electrons. The SMILES string of the molecule is CN1[C@H](CCS(C)(=O)=O)CN(c2ccc(F)cc2)c2cc(C(F)(F)F)c(O)cc2S1(=O)=O. The third kappa shape index (κ3) is 4.84. The van der Waals surface area contributed by atoms with Crippen LogP contribution in [-0.2, 0) is 26.0 Å². The van der Waals surface area contributed by atoms with Crippen molar-refractivity contribution >= 4 is 31.2 Å². The van der Waals surface area contributed by atoms with E-state index in [4.69, 9.17) is 0 Å². The van der Waals surface area contributed by atoms with Gasteiger partial charge >= 0.3 is 6.18 Å². The van der Waals surface area contributed by atoms with Crippen LogP contribution in [0.1, 0.15) is 12.0 Å². The van der Waals surface area contributed by atoms with Crippen molar-refractivity contribution < 1.29 is 39.5 Å². The molecule has 2 aromatic rings. The van der Waals surface area contributed by atoms with Gasteiger partial charge in [0.05, 0.1) is 17.0 Å². The van der Waals surface area contributed by atoms with Crippen LogP contribution in [0.5, 0.6) is 5.75 Å². The highest BCUT2D eigenvalue weighted by molar-refractivity contribution is 7.90. The number of nitrogens with zero attached hydrogens (tertiary/aromatic N) is 2. The molecule has 13 heteroatoms. The van der Waals surface area contributed by atoms with Crippen LogP contribution in [0.15, 0.2) is 41.3 Å². The summed E-state index contributed by atoms with van der Waals surface area (Å²) in [6.07, 6.45) is -4.11. The van der Waals surface area contributed by atoms with Crippen molar-refractivity contribution in [3.05, 3.63) is 47.8 Å². The first-order valence-corrected chi connectivity index (χ1v) is 12.7. The number of hydrogen-bond donors (Lipinski definition) is 1. The maximum atomic E-state index is 13.4. The number of sulfonamides is 1. The molecule has 0 fully saturated rings. The number of hydrogen-bond acceptors (Lipinski definition) is 6. The smallest absolute Gasteiger partial charge is 0.420 e. The molecule has 0 spiro atoms.